The molecule has 0 unspecified atom stereocenters. The molecule has 6 nitrogen and oxygen atoms in total. The van der Waals surface area contributed by atoms with E-state index >= 15 is 0 Å². The Morgan fingerprint density at radius 2 is 1.90 bits per heavy atom. The van der Waals surface area contributed by atoms with Crippen LogP contribution in [-0.4, -0.2) is 31.8 Å². The second kappa shape index (κ2) is 5.75. The molecule has 2 heterocycles. The van der Waals surface area contributed by atoms with Gasteiger partial charge in [0.15, 0.2) is 0 Å². The average molecular weight is 270 g/mol. The summed E-state index contributed by atoms with van der Waals surface area (Å²) < 4.78 is 5.20. The van der Waals surface area contributed by atoms with Gasteiger partial charge in [-0.15, -0.1) is 0 Å². The van der Waals surface area contributed by atoms with Gasteiger partial charge in [0.25, 0.3) is 0 Å². The number of hydrogen-bond acceptors (Lipinski definition) is 6. The predicted molar refractivity (Wildman–Crippen MR) is 72.9 cm³/mol. The normalized spacial score (nSPS) is 11.1. The highest BCUT2D eigenvalue weighted by molar-refractivity contribution is 5.79. The van der Waals surface area contributed by atoms with E-state index in [1.54, 1.807) is 12.4 Å². The summed E-state index contributed by atoms with van der Waals surface area (Å²) in [6, 6.07) is 5.68. The molecule has 0 saturated carbocycles. The fraction of sp³-hybridized carbons (Fsp3) is 0.286. The molecular formula is C14H14N4O2. The lowest BCUT2D eigenvalue weighted by Crippen LogP contribution is -1.89. The largest absolute Gasteiger partial charge is 0.396 e. The first kappa shape index (κ1) is 12.7. The summed E-state index contributed by atoms with van der Waals surface area (Å²) >= 11 is 0. The molecule has 3 aromatic rings. The van der Waals surface area contributed by atoms with Gasteiger partial charge in [0.2, 0.25) is 11.7 Å². The molecule has 2 aromatic heterocycles. The van der Waals surface area contributed by atoms with Crippen LogP contribution in [0.3, 0.4) is 0 Å². The van der Waals surface area contributed by atoms with E-state index in [4.69, 9.17) is 9.63 Å². The molecule has 0 fully saturated rings. The lowest BCUT2D eigenvalue weighted by Gasteiger charge is -1.97. The van der Waals surface area contributed by atoms with Crippen LogP contribution in [0.4, 0.5) is 0 Å². The zero-order chi connectivity index (χ0) is 13.8. The second-order valence-corrected chi connectivity index (χ2v) is 4.45. The monoisotopic (exact) mass is 270 g/mol. The lowest BCUT2D eigenvalue weighted by atomic mass is 10.2. The van der Waals surface area contributed by atoms with Crippen molar-refractivity contribution in [1.29, 1.82) is 0 Å². The van der Waals surface area contributed by atoms with Gasteiger partial charge in [-0.25, -0.2) is 0 Å². The van der Waals surface area contributed by atoms with Gasteiger partial charge in [0.1, 0.15) is 0 Å². The Morgan fingerprint density at radius 1 is 1.05 bits per heavy atom. The van der Waals surface area contributed by atoms with Crippen LogP contribution in [0.5, 0.6) is 0 Å². The summed E-state index contributed by atoms with van der Waals surface area (Å²) in [5.74, 6) is 1.14. The molecule has 0 radical (unpaired) electrons. The number of unbranched alkanes of at least 4 members (excludes halogenated alkanes) is 1. The minimum Gasteiger partial charge on any atom is -0.396 e. The van der Waals surface area contributed by atoms with Crippen molar-refractivity contribution in [2.24, 2.45) is 0 Å². The molecule has 1 N–H and O–H groups in total. The molecule has 1 aromatic carbocycles. The summed E-state index contributed by atoms with van der Waals surface area (Å²) in [6.45, 7) is 0.185. The molecule has 3 rings (SSSR count). The minimum absolute atomic E-state index is 0.185. The molecule has 6 heteroatoms. The highest BCUT2D eigenvalue weighted by atomic mass is 16.5. The van der Waals surface area contributed by atoms with Crippen LogP contribution in [0, 0.1) is 0 Å². The van der Waals surface area contributed by atoms with E-state index in [1.165, 1.54) is 0 Å². The SMILES string of the molecule is OCCCCc1nc(-c2ccc3nccnc3c2)no1. The molecule has 0 aliphatic carbocycles. The minimum atomic E-state index is 0.185. The molecule has 0 bridgehead atoms. The van der Waals surface area contributed by atoms with Gasteiger partial charge in [0.05, 0.1) is 11.0 Å². The van der Waals surface area contributed by atoms with Crippen molar-refractivity contribution in [2.45, 2.75) is 19.3 Å². The summed E-state index contributed by atoms with van der Waals surface area (Å²) in [4.78, 5) is 12.8. The van der Waals surface area contributed by atoms with Crippen LogP contribution in [0.25, 0.3) is 22.4 Å². The van der Waals surface area contributed by atoms with E-state index < -0.39 is 0 Å². The highest BCUT2D eigenvalue weighted by Crippen LogP contribution is 2.20. The summed E-state index contributed by atoms with van der Waals surface area (Å²) in [5, 5.41) is 12.7. The Hall–Kier alpha value is -2.34. The van der Waals surface area contributed by atoms with Gasteiger partial charge in [-0.05, 0) is 31.0 Å². The van der Waals surface area contributed by atoms with E-state index in [0.29, 0.717) is 18.1 Å². The Morgan fingerprint density at radius 3 is 2.75 bits per heavy atom. The van der Waals surface area contributed by atoms with Gasteiger partial charge < -0.3 is 9.63 Å². The zero-order valence-electron chi connectivity index (χ0n) is 10.9. The average Bonchev–Trinajstić information content (AvgIpc) is 2.96. The van der Waals surface area contributed by atoms with E-state index in [0.717, 1.165) is 29.4 Å². The van der Waals surface area contributed by atoms with Crippen molar-refractivity contribution < 1.29 is 9.63 Å². The molecule has 102 valence electrons. The fourth-order valence-corrected chi connectivity index (χ4v) is 1.96. The number of aliphatic hydroxyl groups excluding tert-OH is 1. The molecule has 0 amide bonds. The van der Waals surface area contributed by atoms with Crippen LogP contribution in [0.15, 0.2) is 35.1 Å². The predicted octanol–water partition coefficient (Wildman–Crippen LogP) is 1.99. The summed E-state index contributed by atoms with van der Waals surface area (Å²) in [5.41, 5.74) is 2.50. The zero-order valence-corrected chi connectivity index (χ0v) is 10.9. The maximum absolute atomic E-state index is 8.75. The Labute approximate surface area is 115 Å². The van der Waals surface area contributed by atoms with Crippen molar-refractivity contribution >= 4 is 11.0 Å². The first-order chi connectivity index (χ1) is 9.86. The van der Waals surface area contributed by atoms with Crippen LogP contribution >= 0.6 is 0 Å². The molecule has 0 aliphatic heterocycles. The third kappa shape index (κ3) is 2.65. The summed E-state index contributed by atoms with van der Waals surface area (Å²) in [7, 11) is 0. The molecule has 0 saturated heterocycles. The number of aromatic nitrogens is 4. The van der Waals surface area contributed by atoms with Gasteiger partial charge in [-0.2, -0.15) is 4.98 Å². The van der Waals surface area contributed by atoms with E-state index in [2.05, 4.69) is 20.1 Å². The maximum Gasteiger partial charge on any atom is 0.226 e. The third-order valence-electron chi connectivity index (χ3n) is 2.99. The topological polar surface area (TPSA) is 84.9 Å². The molecular weight excluding hydrogens is 256 g/mol. The van der Waals surface area contributed by atoms with Crippen LogP contribution in [-0.2, 0) is 6.42 Å². The van der Waals surface area contributed by atoms with Crippen molar-refractivity contribution in [2.75, 3.05) is 6.61 Å². The lowest BCUT2D eigenvalue weighted by molar-refractivity contribution is 0.281. The van der Waals surface area contributed by atoms with Crippen LogP contribution in [0.1, 0.15) is 18.7 Å². The van der Waals surface area contributed by atoms with E-state index in [9.17, 15) is 0 Å². The highest BCUT2D eigenvalue weighted by Gasteiger charge is 2.09. The van der Waals surface area contributed by atoms with E-state index in [-0.39, 0.29) is 6.61 Å². The van der Waals surface area contributed by atoms with E-state index in [1.807, 2.05) is 18.2 Å². The quantitative estimate of drug-likeness (QED) is 0.714. The smallest absolute Gasteiger partial charge is 0.226 e. The Bertz CT molecular complexity index is 711. The first-order valence-electron chi connectivity index (χ1n) is 6.51. The number of fused-ring (bicyclic) bond motifs is 1. The number of hydrogen-bond donors (Lipinski definition) is 1. The first-order valence-corrected chi connectivity index (χ1v) is 6.51. The molecule has 0 spiro atoms. The maximum atomic E-state index is 8.75. The Balaban J connectivity index is 1.83. The van der Waals surface area contributed by atoms with Crippen molar-refractivity contribution in [3.63, 3.8) is 0 Å². The standard InChI is InChI=1S/C14H14N4O2/c19-8-2-1-3-13-17-14(18-20-13)10-4-5-11-12(9-10)16-7-6-15-11/h4-7,9,19H,1-3,8H2. The van der Waals surface area contributed by atoms with Crippen molar-refractivity contribution in [1.82, 2.24) is 20.1 Å². The van der Waals surface area contributed by atoms with Gasteiger partial charge in [-0.3, -0.25) is 9.97 Å². The van der Waals surface area contributed by atoms with Crippen LogP contribution < -0.4 is 0 Å². The number of benzene rings is 1. The number of aliphatic hydroxyl groups is 1. The number of aryl methyl sites for hydroxylation is 1. The number of rotatable bonds is 5. The summed E-state index contributed by atoms with van der Waals surface area (Å²) in [6.07, 6.45) is 5.57. The van der Waals surface area contributed by atoms with Gasteiger partial charge in [0, 0.05) is 31.0 Å². The van der Waals surface area contributed by atoms with Crippen molar-refractivity contribution in [3.05, 3.63) is 36.5 Å². The van der Waals surface area contributed by atoms with Crippen molar-refractivity contribution in [3.8, 4) is 11.4 Å². The molecule has 0 aliphatic rings. The molecule has 20 heavy (non-hydrogen) atoms. The molecule has 0 atom stereocenters. The fourth-order valence-electron chi connectivity index (χ4n) is 1.96. The van der Waals surface area contributed by atoms with Gasteiger partial charge in [-0.1, -0.05) is 5.16 Å². The third-order valence-corrected chi connectivity index (χ3v) is 2.99. The number of nitrogens with zero attached hydrogens (tertiary/aromatic N) is 4. The Kier molecular flexibility index (Phi) is 3.64. The second-order valence-electron chi connectivity index (χ2n) is 4.45. The van der Waals surface area contributed by atoms with Crippen LogP contribution in [0.2, 0.25) is 0 Å². The van der Waals surface area contributed by atoms with Gasteiger partial charge >= 0.3 is 0 Å².